The molecule has 3 aromatic rings. The van der Waals surface area contributed by atoms with Crippen LogP contribution in [0.2, 0.25) is 0 Å². The molecule has 0 aliphatic heterocycles. The highest BCUT2D eigenvalue weighted by Gasteiger charge is 2.30. The number of methoxy groups -OCH3 is 1. The van der Waals surface area contributed by atoms with E-state index in [1.165, 1.54) is 32.2 Å². The van der Waals surface area contributed by atoms with Gasteiger partial charge in [-0.3, -0.25) is 14.6 Å². The van der Waals surface area contributed by atoms with Gasteiger partial charge in [0.1, 0.15) is 5.75 Å². The summed E-state index contributed by atoms with van der Waals surface area (Å²) in [4.78, 5) is 29.8. The smallest absolute Gasteiger partial charge is 0.270 e. The van der Waals surface area contributed by atoms with E-state index in [4.69, 9.17) is 10.1 Å². The SMILES string of the molecule is COc1ccc(NC(=O)C(C(C)=N)C(=O)Nc2cccc(C(C)(F)F)c2)cc1-c1cccnc1. The Labute approximate surface area is 195 Å². The summed E-state index contributed by atoms with van der Waals surface area (Å²) in [5.41, 5.74) is 1.45. The van der Waals surface area contributed by atoms with Crippen molar-refractivity contribution >= 4 is 28.9 Å². The third-order valence-electron chi connectivity index (χ3n) is 5.03. The van der Waals surface area contributed by atoms with Crippen LogP contribution in [0.1, 0.15) is 19.4 Å². The van der Waals surface area contributed by atoms with Crippen LogP contribution in [0, 0.1) is 11.3 Å². The first kappa shape index (κ1) is 24.5. The molecule has 3 N–H and O–H groups in total. The molecule has 1 unspecified atom stereocenters. The molecular formula is C25H24F2N4O3. The normalized spacial score (nSPS) is 11.9. The molecule has 1 heterocycles. The van der Waals surface area contributed by atoms with E-state index >= 15 is 0 Å². The summed E-state index contributed by atoms with van der Waals surface area (Å²) in [5.74, 6) is -5.52. The van der Waals surface area contributed by atoms with Crippen LogP contribution in [0.15, 0.2) is 67.0 Å². The number of carbonyl (C=O) groups is 2. The molecule has 7 nitrogen and oxygen atoms in total. The minimum absolute atomic E-state index is 0.103. The van der Waals surface area contributed by atoms with Gasteiger partial charge >= 0.3 is 0 Å². The average Bonchev–Trinajstić information content (AvgIpc) is 2.79. The highest BCUT2D eigenvalue weighted by Crippen LogP contribution is 2.32. The summed E-state index contributed by atoms with van der Waals surface area (Å²) in [7, 11) is 1.52. The molecule has 2 amide bonds. The number of hydrogen-bond acceptors (Lipinski definition) is 5. The number of ether oxygens (including phenoxy) is 1. The second kappa shape index (κ2) is 10.2. The first-order valence-corrected chi connectivity index (χ1v) is 10.3. The summed E-state index contributed by atoms with van der Waals surface area (Å²) in [6, 6.07) is 13.7. The molecule has 176 valence electrons. The molecular weight excluding hydrogens is 442 g/mol. The molecule has 0 spiro atoms. The largest absolute Gasteiger partial charge is 0.496 e. The van der Waals surface area contributed by atoms with Crippen LogP contribution in [-0.2, 0) is 15.5 Å². The van der Waals surface area contributed by atoms with Crippen molar-refractivity contribution in [1.82, 2.24) is 4.98 Å². The Bertz CT molecular complexity index is 1210. The van der Waals surface area contributed by atoms with Crippen molar-refractivity contribution in [3.63, 3.8) is 0 Å². The highest BCUT2D eigenvalue weighted by molar-refractivity contribution is 6.24. The third kappa shape index (κ3) is 5.80. The van der Waals surface area contributed by atoms with Crippen molar-refractivity contribution in [2.75, 3.05) is 17.7 Å². The number of pyridine rings is 1. The van der Waals surface area contributed by atoms with Gasteiger partial charge in [-0.2, -0.15) is 0 Å². The molecule has 1 atom stereocenters. The maximum absolute atomic E-state index is 13.6. The van der Waals surface area contributed by atoms with Gasteiger partial charge in [0.15, 0.2) is 5.92 Å². The van der Waals surface area contributed by atoms with Crippen LogP contribution in [0.3, 0.4) is 0 Å². The second-order valence-electron chi connectivity index (χ2n) is 7.72. The fraction of sp³-hybridized carbons (Fsp3) is 0.200. The predicted octanol–water partition coefficient (Wildman–Crippen LogP) is 5.10. The number of nitrogens with zero attached hydrogens (tertiary/aromatic N) is 1. The Morgan fingerprint density at radius 2 is 1.71 bits per heavy atom. The third-order valence-corrected chi connectivity index (χ3v) is 5.03. The topological polar surface area (TPSA) is 104 Å². The number of aromatic nitrogens is 1. The van der Waals surface area contributed by atoms with Crippen molar-refractivity contribution in [3.8, 4) is 16.9 Å². The van der Waals surface area contributed by atoms with Crippen LogP contribution < -0.4 is 15.4 Å². The predicted molar refractivity (Wildman–Crippen MR) is 126 cm³/mol. The van der Waals surface area contributed by atoms with Gasteiger partial charge < -0.3 is 20.8 Å². The molecule has 9 heteroatoms. The van der Waals surface area contributed by atoms with Gasteiger partial charge in [0.25, 0.3) is 5.92 Å². The first-order chi connectivity index (χ1) is 16.1. The molecule has 0 bridgehead atoms. The number of carbonyl (C=O) groups excluding carboxylic acids is 2. The van der Waals surface area contributed by atoms with E-state index in [1.807, 2.05) is 6.07 Å². The van der Waals surface area contributed by atoms with Gasteiger partial charge in [0, 0.05) is 53.1 Å². The molecule has 1 aromatic heterocycles. The lowest BCUT2D eigenvalue weighted by atomic mass is 10.0. The zero-order valence-corrected chi connectivity index (χ0v) is 18.9. The number of hydrogen-bond donors (Lipinski definition) is 3. The van der Waals surface area contributed by atoms with Crippen molar-refractivity contribution < 1.29 is 23.1 Å². The minimum Gasteiger partial charge on any atom is -0.496 e. The van der Waals surface area contributed by atoms with E-state index in [1.54, 1.807) is 36.7 Å². The van der Waals surface area contributed by atoms with Crippen molar-refractivity contribution in [3.05, 3.63) is 72.6 Å². The number of anilines is 2. The molecule has 0 fully saturated rings. The summed E-state index contributed by atoms with van der Waals surface area (Å²) in [6.45, 7) is 2.08. The maximum atomic E-state index is 13.6. The molecule has 0 saturated carbocycles. The molecule has 2 aromatic carbocycles. The average molecular weight is 466 g/mol. The maximum Gasteiger partial charge on any atom is 0.270 e. The lowest BCUT2D eigenvalue weighted by Crippen LogP contribution is -2.38. The number of benzene rings is 2. The van der Waals surface area contributed by atoms with Crippen molar-refractivity contribution in [1.29, 1.82) is 5.41 Å². The van der Waals surface area contributed by atoms with E-state index in [-0.39, 0.29) is 17.0 Å². The first-order valence-electron chi connectivity index (χ1n) is 10.3. The number of alkyl halides is 2. The molecule has 0 saturated heterocycles. The summed E-state index contributed by atoms with van der Waals surface area (Å²) in [5, 5.41) is 13.1. The Morgan fingerprint density at radius 3 is 2.26 bits per heavy atom. The minimum atomic E-state index is -3.09. The van der Waals surface area contributed by atoms with Crippen LogP contribution in [0.4, 0.5) is 20.2 Å². The Hall–Kier alpha value is -4.14. The zero-order chi connectivity index (χ0) is 24.9. The van der Waals surface area contributed by atoms with Gasteiger partial charge in [0.05, 0.1) is 7.11 Å². The van der Waals surface area contributed by atoms with Crippen LogP contribution in [0.5, 0.6) is 5.75 Å². The molecule has 3 rings (SSSR count). The van der Waals surface area contributed by atoms with Gasteiger partial charge in [-0.25, -0.2) is 8.78 Å². The molecule has 0 aliphatic rings. The fourth-order valence-corrected chi connectivity index (χ4v) is 3.34. The van der Waals surface area contributed by atoms with Gasteiger partial charge in [0.2, 0.25) is 11.8 Å². The second-order valence-corrected chi connectivity index (χ2v) is 7.72. The van der Waals surface area contributed by atoms with E-state index < -0.39 is 23.7 Å². The zero-order valence-electron chi connectivity index (χ0n) is 18.9. The summed E-state index contributed by atoms with van der Waals surface area (Å²) in [6.07, 6.45) is 3.28. The summed E-state index contributed by atoms with van der Waals surface area (Å²) >= 11 is 0. The number of rotatable bonds is 8. The number of amides is 2. The van der Waals surface area contributed by atoms with Crippen molar-refractivity contribution in [2.24, 2.45) is 5.92 Å². The van der Waals surface area contributed by atoms with E-state index in [0.717, 1.165) is 18.6 Å². The standard InChI is InChI=1S/C25H24F2N4O3/c1-15(28)22(23(32)30-18-8-4-7-17(12-18)25(2,26)27)24(33)31-19-9-10-21(34-3)20(13-19)16-6-5-11-29-14-16/h4-14,22,28H,1-3H3,(H,30,32)(H,31,33). The van der Waals surface area contributed by atoms with E-state index in [0.29, 0.717) is 17.0 Å². The van der Waals surface area contributed by atoms with Gasteiger partial charge in [-0.15, -0.1) is 0 Å². The van der Waals surface area contributed by atoms with E-state index in [2.05, 4.69) is 15.6 Å². The Balaban J connectivity index is 1.82. The van der Waals surface area contributed by atoms with Crippen LogP contribution in [0.25, 0.3) is 11.1 Å². The summed E-state index contributed by atoms with van der Waals surface area (Å²) < 4.78 is 32.6. The van der Waals surface area contributed by atoms with Gasteiger partial charge in [-0.1, -0.05) is 18.2 Å². The van der Waals surface area contributed by atoms with E-state index in [9.17, 15) is 18.4 Å². The molecule has 0 aliphatic carbocycles. The lowest BCUT2D eigenvalue weighted by molar-refractivity contribution is -0.126. The van der Waals surface area contributed by atoms with Crippen LogP contribution in [-0.4, -0.2) is 29.6 Å². The number of nitrogens with one attached hydrogen (secondary N) is 3. The Morgan fingerprint density at radius 1 is 1.03 bits per heavy atom. The number of halogens is 2. The lowest BCUT2D eigenvalue weighted by Gasteiger charge is -2.18. The fourth-order valence-electron chi connectivity index (χ4n) is 3.34. The molecule has 34 heavy (non-hydrogen) atoms. The Kier molecular flexibility index (Phi) is 7.35. The van der Waals surface area contributed by atoms with Gasteiger partial charge in [-0.05, 0) is 43.3 Å². The quantitative estimate of drug-likeness (QED) is 0.317. The van der Waals surface area contributed by atoms with Crippen LogP contribution >= 0.6 is 0 Å². The molecule has 0 radical (unpaired) electrons. The monoisotopic (exact) mass is 466 g/mol. The van der Waals surface area contributed by atoms with Crippen molar-refractivity contribution in [2.45, 2.75) is 19.8 Å². The highest BCUT2D eigenvalue weighted by atomic mass is 19.3.